The molecule has 5 N–H and O–H groups in total. The Hall–Kier alpha value is -1.98. The van der Waals surface area contributed by atoms with Crippen molar-refractivity contribution < 1.29 is 0 Å². The zero-order valence-electron chi connectivity index (χ0n) is 9.15. The van der Waals surface area contributed by atoms with Crippen molar-refractivity contribution in [2.24, 2.45) is 21.5 Å². The highest BCUT2D eigenvalue weighted by Gasteiger charge is 1.99. The van der Waals surface area contributed by atoms with Gasteiger partial charge < -0.3 is 21.4 Å². The third-order valence-corrected chi connectivity index (χ3v) is 1.85. The van der Waals surface area contributed by atoms with Gasteiger partial charge in [-0.05, 0) is 13.0 Å². The van der Waals surface area contributed by atoms with Gasteiger partial charge in [0.25, 0.3) is 0 Å². The van der Waals surface area contributed by atoms with Crippen molar-refractivity contribution in [3.05, 3.63) is 18.0 Å². The highest BCUT2D eigenvalue weighted by molar-refractivity contribution is 5.94. The van der Waals surface area contributed by atoms with Crippen LogP contribution < -0.4 is 11.5 Å². The predicted octanol–water partition coefficient (Wildman–Crippen LogP) is 0.146. The molecule has 1 rings (SSSR count). The number of H-pyrrole nitrogens is 1. The Morgan fingerprint density at radius 2 is 2.07 bits per heavy atom. The van der Waals surface area contributed by atoms with E-state index in [0.717, 1.165) is 11.4 Å². The van der Waals surface area contributed by atoms with Crippen molar-refractivity contribution in [1.29, 1.82) is 0 Å². The Labute approximate surface area is 88.7 Å². The second kappa shape index (κ2) is 4.50. The number of aliphatic imine (C=N–C) groups is 2. The third kappa shape index (κ3) is 3.01. The van der Waals surface area contributed by atoms with Crippen LogP contribution in [0.4, 0.5) is 5.69 Å². The number of guanidine groups is 2. The predicted molar refractivity (Wildman–Crippen MR) is 62.1 cm³/mol. The Bertz CT molecular complexity index is 387. The molecule has 15 heavy (non-hydrogen) atoms. The Balaban J connectivity index is 2.86. The number of nitrogens with zero attached hydrogens (tertiary/aromatic N) is 3. The summed E-state index contributed by atoms with van der Waals surface area (Å²) in [6.45, 7) is 1.91. The molecule has 6 nitrogen and oxygen atoms in total. The first-order chi connectivity index (χ1) is 7.00. The summed E-state index contributed by atoms with van der Waals surface area (Å²) in [4.78, 5) is 12.7. The fraction of sp³-hybridized carbons (Fsp3) is 0.333. The van der Waals surface area contributed by atoms with E-state index in [4.69, 9.17) is 11.5 Å². The van der Waals surface area contributed by atoms with Crippen LogP contribution in [-0.4, -0.2) is 35.9 Å². The van der Waals surface area contributed by atoms with Gasteiger partial charge in [-0.2, -0.15) is 4.99 Å². The lowest BCUT2D eigenvalue weighted by atomic mass is 10.4. The summed E-state index contributed by atoms with van der Waals surface area (Å²) in [5.41, 5.74) is 12.9. The van der Waals surface area contributed by atoms with Gasteiger partial charge in [0.15, 0.2) is 5.96 Å². The summed E-state index contributed by atoms with van der Waals surface area (Å²) in [6, 6.07) is 1.82. The lowest BCUT2D eigenvalue weighted by Gasteiger charge is -2.09. The van der Waals surface area contributed by atoms with Crippen molar-refractivity contribution in [3.63, 3.8) is 0 Å². The number of aromatic amines is 1. The number of hydrogen-bond donors (Lipinski definition) is 3. The van der Waals surface area contributed by atoms with Gasteiger partial charge in [0, 0.05) is 26.0 Å². The summed E-state index contributed by atoms with van der Waals surface area (Å²) in [5.74, 6) is 0.466. The third-order valence-electron chi connectivity index (χ3n) is 1.85. The molecular weight excluding hydrogens is 192 g/mol. The van der Waals surface area contributed by atoms with Crippen molar-refractivity contribution >= 4 is 17.6 Å². The topological polar surface area (TPSA) is 95.8 Å². The number of hydrogen-bond acceptors (Lipinski definition) is 1. The van der Waals surface area contributed by atoms with Crippen molar-refractivity contribution in [2.45, 2.75) is 6.92 Å². The summed E-state index contributed by atoms with van der Waals surface area (Å²) < 4.78 is 0. The van der Waals surface area contributed by atoms with E-state index < -0.39 is 0 Å². The maximum Gasteiger partial charge on any atom is 0.223 e. The molecule has 6 heteroatoms. The van der Waals surface area contributed by atoms with Crippen LogP contribution in [0.1, 0.15) is 5.69 Å². The normalized spacial score (nSPS) is 13.0. The number of nitrogens with two attached hydrogens (primary N) is 2. The van der Waals surface area contributed by atoms with E-state index in [1.165, 1.54) is 0 Å². The average molecular weight is 208 g/mol. The Kier molecular flexibility index (Phi) is 3.33. The van der Waals surface area contributed by atoms with Crippen LogP contribution in [0.2, 0.25) is 0 Å². The molecule has 0 radical (unpaired) electrons. The molecule has 0 unspecified atom stereocenters. The van der Waals surface area contributed by atoms with Gasteiger partial charge in [-0.25, -0.2) is 4.99 Å². The molecule has 0 saturated heterocycles. The van der Waals surface area contributed by atoms with Crippen LogP contribution >= 0.6 is 0 Å². The standard InChI is InChI=1S/C9H16N6/c1-6-7(4-5-12-6)13-8(10)14-9(11)15(2)3/h4-5,12H,1-3H3,(H4,10,11,13,14). The second-order valence-electron chi connectivity index (χ2n) is 3.32. The van der Waals surface area contributed by atoms with Crippen molar-refractivity contribution in [1.82, 2.24) is 9.88 Å². The van der Waals surface area contributed by atoms with E-state index in [1.54, 1.807) is 25.2 Å². The molecular formula is C9H16N6. The molecule has 0 bridgehead atoms. The molecule has 1 heterocycles. The van der Waals surface area contributed by atoms with E-state index in [2.05, 4.69) is 15.0 Å². The van der Waals surface area contributed by atoms with Crippen LogP contribution in [-0.2, 0) is 0 Å². The minimum absolute atomic E-state index is 0.143. The minimum atomic E-state index is 0.143. The van der Waals surface area contributed by atoms with Gasteiger partial charge in [0.1, 0.15) is 0 Å². The molecule has 0 saturated carbocycles. The van der Waals surface area contributed by atoms with Gasteiger partial charge in [-0.15, -0.1) is 0 Å². The summed E-state index contributed by atoms with van der Waals surface area (Å²) in [5, 5.41) is 0. The molecule has 0 fully saturated rings. The molecule has 1 aromatic heterocycles. The highest BCUT2D eigenvalue weighted by Crippen LogP contribution is 2.15. The zero-order valence-corrected chi connectivity index (χ0v) is 9.15. The number of rotatable bonds is 1. The first kappa shape index (κ1) is 11.1. The second-order valence-corrected chi connectivity index (χ2v) is 3.32. The van der Waals surface area contributed by atoms with E-state index in [-0.39, 0.29) is 5.96 Å². The summed E-state index contributed by atoms with van der Waals surface area (Å²) in [7, 11) is 3.57. The first-order valence-corrected chi connectivity index (χ1v) is 4.50. The monoisotopic (exact) mass is 208 g/mol. The first-order valence-electron chi connectivity index (χ1n) is 4.50. The number of nitrogens with one attached hydrogen (secondary N) is 1. The van der Waals surface area contributed by atoms with E-state index in [9.17, 15) is 0 Å². The Morgan fingerprint density at radius 3 is 2.53 bits per heavy atom. The largest absolute Gasteiger partial charge is 0.369 e. The van der Waals surface area contributed by atoms with E-state index in [0.29, 0.717) is 5.96 Å². The minimum Gasteiger partial charge on any atom is -0.369 e. The van der Waals surface area contributed by atoms with E-state index in [1.807, 2.05) is 13.0 Å². The van der Waals surface area contributed by atoms with E-state index >= 15 is 0 Å². The average Bonchev–Trinajstić information content (AvgIpc) is 2.51. The van der Waals surface area contributed by atoms with Crippen LogP contribution in [0.5, 0.6) is 0 Å². The molecule has 0 atom stereocenters. The summed E-state index contributed by atoms with van der Waals surface area (Å²) in [6.07, 6.45) is 1.79. The molecule has 82 valence electrons. The van der Waals surface area contributed by atoms with Gasteiger partial charge in [-0.1, -0.05) is 0 Å². The van der Waals surface area contributed by atoms with Gasteiger partial charge in [-0.3, -0.25) is 0 Å². The Morgan fingerprint density at radius 1 is 1.40 bits per heavy atom. The molecule has 0 aromatic carbocycles. The highest BCUT2D eigenvalue weighted by atomic mass is 15.2. The molecule has 1 aromatic rings. The number of aromatic nitrogens is 1. The maximum atomic E-state index is 5.61. The smallest absolute Gasteiger partial charge is 0.223 e. The van der Waals surface area contributed by atoms with Crippen LogP contribution in [0, 0.1) is 6.92 Å². The van der Waals surface area contributed by atoms with Crippen molar-refractivity contribution in [3.8, 4) is 0 Å². The van der Waals surface area contributed by atoms with Crippen molar-refractivity contribution in [2.75, 3.05) is 14.1 Å². The lowest BCUT2D eigenvalue weighted by molar-refractivity contribution is 0.615. The molecule has 0 aliphatic rings. The fourth-order valence-corrected chi connectivity index (χ4v) is 0.931. The zero-order chi connectivity index (χ0) is 11.4. The molecule has 0 spiro atoms. The van der Waals surface area contributed by atoms with Gasteiger partial charge in [0.05, 0.1) is 5.69 Å². The maximum absolute atomic E-state index is 5.61. The summed E-state index contributed by atoms with van der Waals surface area (Å²) >= 11 is 0. The molecule has 0 aliphatic carbocycles. The molecule has 0 aliphatic heterocycles. The van der Waals surface area contributed by atoms with Gasteiger partial charge in [0.2, 0.25) is 5.96 Å². The van der Waals surface area contributed by atoms with Crippen LogP contribution in [0.15, 0.2) is 22.2 Å². The van der Waals surface area contributed by atoms with Gasteiger partial charge >= 0.3 is 0 Å². The number of aryl methyl sites for hydroxylation is 1. The fourth-order valence-electron chi connectivity index (χ4n) is 0.931. The lowest BCUT2D eigenvalue weighted by Crippen LogP contribution is -2.32. The van der Waals surface area contributed by atoms with Crippen LogP contribution in [0.3, 0.4) is 0 Å². The quantitative estimate of drug-likeness (QED) is 0.452. The molecule has 0 amide bonds. The SMILES string of the molecule is Cc1[nH]ccc1N=C(N)N=C(N)N(C)C. The van der Waals surface area contributed by atoms with Crippen LogP contribution in [0.25, 0.3) is 0 Å².